The Bertz CT molecular complexity index is 700. The SMILES string of the molecule is NNC(=O)C1=NN(c2ccc(Cl)cc2)[C@H](c2ccccc2)C1. The fraction of sp³-hybridized carbons (Fsp3) is 0.125. The van der Waals surface area contributed by atoms with Crippen molar-refractivity contribution in [3.63, 3.8) is 0 Å². The molecule has 1 heterocycles. The highest BCUT2D eigenvalue weighted by Gasteiger charge is 2.32. The van der Waals surface area contributed by atoms with Gasteiger partial charge in [0.15, 0.2) is 0 Å². The van der Waals surface area contributed by atoms with Crippen LogP contribution in [0.25, 0.3) is 0 Å². The Balaban J connectivity index is 1.98. The summed E-state index contributed by atoms with van der Waals surface area (Å²) < 4.78 is 0. The van der Waals surface area contributed by atoms with Crippen LogP contribution in [-0.2, 0) is 4.79 Å². The second-order valence-corrected chi connectivity index (χ2v) is 5.41. The number of hydrogen-bond donors (Lipinski definition) is 2. The van der Waals surface area contributed by atoms with Gasteiger partial charge >= 0.3 is 0 Å². The van der Waals surface area contributed by atoms with Crippen LogP contribution in [0.3, 0.4) is 0 Å². The maximum Gasteiger partial charge on any atom is 0.281 e. The van der Waals surface area contributed by atoms with E-state index in [9.17, 15) is 4.79 Å². The van der Waals surface area contributed by atoms with Crippen LogP contribution in [0.4, 0.5) is 5.69 Å². The summed E-state index contributed by atoms with van der Waals surface area (Å²) in [5.74, 6) is 4.86. The van der Waals surface area contributed by atoms with Crippen LogP contribution in [0.5, 0.6) is 0 Å². The zero-order chi connectivity index (χ0) is 15.5. The minimum Gasteiger partial charge on any atom is -0.289 e. The molecular formula is C16H15ClN4O. The van der Waals surface area contributed by atoms with E-state index in [0.29, 0.717) is 17.2 Å². The Kier molecular flexibility index (Phi) is 4.09. The van der Waals surface area contributed by atoms with Crippen LogP contribution < -0.4 is 16.3 Å². The molecule has 1 aliphatic heterocycles. The predicted octanol–water partition coefficient (Wildman–Crippen LogP) is 2.64. The number of halogens is 1. The smallest absolute Gasteiger partial charge is 0.281 e. The van der Waals surface area contributed by atoms with Crippen LogP contribution in [0, 0.1) is 0 Å². The van der Waals surface area contributed by atoms with E-state index in [0.717, 1.165) is 11.3 Å². The van der Waals surface area contributed by atoms with Gasteiger partial charge in [-0.3, -0.25) is 15.2 Å². The van der Waals surface area contributed by atoms with Gasteiger partial charge in [0.2, 0.25) is 0 Å². The first kappa shape index (κ1) is 14.6. The van der Waals surface area contributed by atoms with E-state index in [-0.39, 0.29) is 11.9 Å². The van der Waals surface area contributed by atoms with Crippen LogP contribution in [0.15, 0.2) is 59.7 Å². The average molecular weight is 315 g/mol. The number of nitrogens with one attached hydrogen (secondary N) is 1. The Morgan fingerprint density at radius 3 is 2.50 bits per heavy atom. The molecule has 0 radical (unpaired) electrons. The van der Waals surface area contributed by atoms with E-state index in [4.69, 9.17) is 17.4 Å². The lowest BCUT2D eigenvalue weighted by molar-refractivity contribution is -0.114. The lowest BCUT2D eigenvalue weighted by Crippen LogP contribution is -2.35. The number of nitrogens with two attached hydrogens (primary N) is 1. The van der Waals surface area contributed by atoms with Crippen molar-refractivity contribution in [3.05, 3.63) is 65.2 Å². The number of carbonyl (C=O) groups is 1. The maximum absolute atomic E-state index is 11.8. The first-order chi connectivity index (χ1) is 10.7. The minimum atomic E-state index is -0.364. The van der Waals surface area contributed by atoms with Crippen LogP contribution in [-0.4, -0.2) is 11.6 Å². The molecule has 6 heteroatoms. The third kappa shape index (κ3) is 2.81. The molecular weight excluding hydrogens is 300 g/mol. The highest BCUT2D eigenvalue weighted by atomic mass is 35.5. The van der Waals surface area contributed by atoms with Crippen molar-refractivity contribution >= 4 is 28.9 Å². The van der Waals surface area contributed by atoms with E-state index >= 15 is 0 Å². The number of carbonyl (C=O) groups excluding carboxylic acids is 1. The van der Waals surface area contributed by atoms with Gasteiger partial charge in [-0.25, -0.2) is 5.84 Å². The molecule has 1 aliphatic rings. The third-order valence-corrected chi connectivity index (χ3v) is 3.83. The fourth-order valence-electron chi connectivity index (χ4n) is 2.50. The lowest BCUT2D eigenvalue weighted by Gasteiger charge is -2.24. The molecule has 2 aromatic carbocycles. The molecule has 0 unspecified atom stereocenters. The quantitative estimate of drug-likeness (QED) is 0.520. The highest BCUT2D eigenvalue weighted by molar-refractivity contribution is 6.39. The molecule has 3 N–H and O–H groups in total. The van der Waals surface area contributed by atoms with Gasteiger partial charge in [0.1, 0.15) is 5.71 Å². The summed E-state index contributed by atoms with van der Waals surface area (Å²) in [4.78, 5) is 11.8. The Morgan fingerprint density at radius 1 is 1.18 bits per heavy atom. The second kappa shape index (κ2) is 6.17. The summed E-state index contributed by atoms with van der Waals surface area (Å²) in [6.45, 7) is 0. The van der Waals surface area contributed by atoms with Crippen LogP contribution in [0.1, 0.15) is 18.0 Å². The fourth-order valence-corrected chi connectivity index (χ4v) is 2.62. The molecule has 0 aromatic heterocycles. The summed E-state index contributed by atoms with van der Waals surface area (Å²) in [5.41, 5.74) is 4.51. The average Bonchev–Trinajstić information content (AvgIpc) is 3.01. The number of benzene rings is 2. The summed E-state index contributed by atoms with van der Waals surface area (Å²) in [6, 6.07) is 17.3. The highest BCUT2D eigenvalue weighted by Crippen LogP contribution is 2.35. The minimum absolute atomic E-state index is 0.0466. The van der Waals surface area contributed by atoms with Gasteiger partial charge in [0, 0.05) is 11.4 Å². The standard InChI is InChI=1S/C16H15ClN4O/c17-12-6-8-13(9-7-12)21-15(11-4-2-1-3-5-11)10-14(20-21)16(22)19-18/h1-9,15H,10,18H2,(H,19,22)/t15-/m0/s1. The molecule has 0 fully saturated rings. The topological polar surface area (TPSA) is 70.7 Å². The van der Waals surface area contributed by atoms with Crippen molar-refractivity contribution in [1.29, 1.82) is 0 Å². The van der Waals surface area contributed by atoms with Crippen molar-refractivity contribution in [3.8, 4) is 0 Å². The number of amides is 1. The van der Waals surface area contributed by atoms with Gasteiger partial charge in [-0.1, -0.05) is 41.9 Å². The molecule has 22 heavy (non-hydrogen) atoms. The summed E-state index contributed by atoms with van der Waals surface area (Å²) in [7, 11) is 0. The van der Waals surface area contributed by atoms with Crippen molar-refractivity contribution in [2.24, 2.45) is 10.9 Å². The number of hydrogen-bond acceptors (Lipinski definition) is 4. The number of anilines is 1. The largest absolute Gasteiger partial charge is 0.289 e. The van der Waals surface area contributed by atoms with Crippen LogP contribution >= 0.6 is 11.6 Å². The van der Waals surface area contributed by atoms with Gasteiger partial charge in [0.05, 0.1) is 11.7 Å². The molecule has 0 aliphatic carbocycles. The first-order valence-corrected chi connectivity index (χ1v) is 7.25. The third-order valence-electron chi connectivity index (χ3n) is 3.58. The zero-order valence-electron chi connectivity index (χ0n) is 11.7. The molecule has 112 valence electrons. The molecule has 5 nitrogen and oxygen atoms in total. The van der Waals surface area contributed by atoms with E-state index in [1.807, 2.05) is 47.5 Å². The number of rotatable bonds is 3. The molecule has 0 saturated heterocycles. The Labute approximate surface area is 133 Å². The molecule has 0 spiro atoms. The maximum atomic E-state index is 11.8. The molecule has 1 amide bonds. The zero-order valence-corrected chi connectivity index (χ0v) is 12.5. The van der Waals surface area contributed by atoms with Gasteiger partial charge in [-0.2, -0.15) is 5.10 Å². The number of hydrazone groups is 1. The van der Waals surface area contributed by atoms with Gasteiger partial charge in [-0.15, -0.1) is 0 Å². The van der Waals surface area contributed by atoms with E-state index in [1.54, 1.807) is 12.1 Å². The monoisotopic (exact) mass is 314 g/mol. The molecule has 1 atom stereocenters. The second-order valence-electron chi connectivity index (χ2n) is 4.97. The van der Waals surface area contributed by atoms with Crippen molar-refractivity contribution < 1.29 is 4.79 Å². The van der Waals surface area contributed by atoms with Crippen molar-refractivity contribution in [1.82, 2.24) is 5.43 Å². The molecule has 3 rings (SSSR count). The summed E-state index contributed by atoms with van der Waals surface area (Å²) >= 11 is 5.94. The lowest BCUT2D eigenvalue weighted by atomic mass is 10.0. The normalized spacial score (nSPS) is 17.3. The number of hydrazine groups is 1. The Morgan fingerprint density at radius 2 is 1.86 bits per heavy atom. The Hall–Kier alpha value is -2.37. The van der Waals surface area contributed by atoms with E-state index < -0.39 is 0 Å². The molecule has 0 bridgehead atoms. The van der Waals surface area contributed by atoms with Crippen molar-refractivity contribution in [2.75, 3.05) is 5.01 Å². The first-order valence-electron chi connectivity index (χ1n) is 6.87. The number of nitrogens with zero attached hydrogens (tertiary/aromatic N) is 2. The summed E-state index contributed by atoms with van der Waals surface area (Å²) in [6.07, 6.45) is 0.496. The molecule has 0 saturated carbocycles. The van der Waals surface area contributed by atoms with E-state index in [1.165, 1.54) is 0 Å². The van der Waals surface area contributed by atoms with E-state index in [2.05, 4.69) is 10.5 Å². The predicted molar refractivity (Wildman–Crippen MR) is 87.5 cm³/mol. The van der Waals surface area contributed by atoms with Gasteiger partial charge < -0.3 is 0 Å². The van der Waals surface area contributed by atoms with Crippen molar-refractivity contribution in [2.45, 2.75) is 12.5 Å². The van der Waals surface area contributed by atoms with Crippen LogP contribution in [0.2, 0.25) is 5.02 Å². The summed E-state index contributed by atoms with van der Waals surface area (Å²) in [5, 5.41) is 6.92. The van der Waals surface area contributed by atoms with Gasteiger partial charge in [0.25, 0.3) is 5.91 Å². The molecule has 2 aromatic rings. The van der Waals surface area contributed by atoms with Gasteiger partial charge in [-0.05, 0) is 29.8 Å².